The normalized spacial score (nSPS) is 16.2. The molecule has 0 saturated heterocycles. The fourth-order valence-electron chi connectivity index (χ4n) is 2.78. The van der Waals surface area contributed by atoms with Crippen LogP contribution in [-0.2, 0) is 15.6 Å². The van der Waals surface area contributed by atoms with Gasteiger partial charge < -0.3 is 0 Å². The molecule has 0 fully saturated rings. The molecule has 1 nitrogen and oxygen atoms in total. The van der Waals surface area contributed by atoms with Gasteiger partial charge in [0.2, 0.25) is 0 Å². The smallest absolute Gasteiger partial charge is 0.155 e. The lowest BCUT2D eigenvalue weighted by Gasteiger charge is -2.37. The van der Waals surface area contributed by atoms with Crippen molar-refractivity contribution in [2.75, 3.05) is 10.7 Å². The molecule has 0 saturated carbocycles. The van der Waals surface area contributed by atoms with E-state index < -0.39 is 10.8 Å². The van der Waals surface area contributed by atoms with Crippen molar-refractivity contribution in [2.45, 2.75) is 24.7 Å². The Balaban J connectivity index is 2.51. The summed E-state index contributed by atoms with van der Waals surface area (Å²) in [4.78, 5) is 13.5. The molecular weight excluding hydrogens is 442 g/mol. The topological polar surface area (TPSA) is 17.1 Å². The zero-order chi connectivity index (χ0) is 18.0. The third kappa shape index (κ3) is 3.47. The van der Waals surface area contributed by atoms with Gasteiger partial charge in [0.05, 0.1) is 10.8 Å². The van der Waals surface area contributed by atoms with Crippen LogP contribution >= 0.6 is 31.9 Å². The fraction of sp³-hybridized carbons (Fsp3) is 0.316. The largest absolute Gasteiger partial charge is 0.298 e. The second-order valence-electron chi connectivity index (χ2n) is 6.27. The molecule has 2 aromatic rings. The van der Waals surface area contributed by atoms with Crippen molar-refractivity contribution < 1.29 is 13.6 Å². The van der Waals surface area contributed by atoms with Crippen LogP contribution in [0.25, 0.3) is 0 Å². The minimum atomic E-state index is -0.843. The summed E-state index contributed by atoms with van der Waals surface area (Å²) >= 11 is 6.89. The molecular formula is C19H18Br2F2O. The molecule has 2 atom stereocenters. The van der Waals surface area contributed by atoms with Crippen molar-refractivity contribution in [1.82, 2.24) is 0 Å². The van der Waals surface area contributed by atoms with Gasteiger partial charge in [-0.05, 0) is 49.2 Å². The van der Waals surface area contributed by atoms with Crippen LogP contribution in [-0.4, -0.2) is 16.4 Å². The van der Waals surface area contributed by atoms with Gasteiger partial charge in [0.15, 0.2) is 5.78 Å². The Morgan fingerprint density at radius 2 is 1.08 bits per heavy atom. The molecule has 0 spiro atoms. The summed E-state index contributed by atoms with van der Waals surface area (Å²) in [6, 6.07) is 11.9. The number of benzene rings is 2. The Bertz CT molecular complexity index is 654. The number of Topliss-reactive ketones (excluding diaryl/α,β-unsaturated/α-hetero) is 1. The summed E-state index contributed by atoms with van der Waals surface area (Å²) < 4.78 is 26.5. The van der Waals surface area contributed by atoms with E-state index in [4.69, 9.17) is 0 Å². The third-order valence-electron chi connectivity index (χ3n) is 4.50. The summed E-state index contributed by atoms with van der Waals surface area (Å²) in [6.45, 7) is 3.67. The van der Waals surface area contributed by atoms with Crippen molar-refractivity contribution in [1.29, 1.82) is 0 Å². The molecule has 24 heavy (non-hydrogen) atoms. The average Bonchev–Trinajstić information content (AvgIpc) is 2.61. The van der Waals surface area contributed by atoms with Crippen LogP contribution < -0.4 is 0 Å². The van der Waals surface area contributed by atoms with E-state index in [0.29, 0.717) is 10.7 Å². The number of carbonyl (C=O) groups excluding carboxylic acids is 1. The Hall–Kier alpha value is -1.07. The number of halogens is 4. The number of ketones is 1. The Labute approximate surface area is 157 Å². The molecule has 0 radical (unpaired) electrons. The van der Waals surface area contributed by atoms with E-state index in [1.807, 2.05) is 13.8 Å². The summed E-state index contributed by atoms with van der Waals surface area (Å²) in [5.41, 5.74) is -0.213. The van der Waals surface area contributed by atoms with Crippen molar-refractivity contribution in [2.24, 2.45) is 0 Å². The average molecular weight is 460 g/mol. The van der Waals surface area contributed by atoms with E-state index in [-0.39, 0.29) is 17.4 Å². The zero-order valence-electron chi connectivity index (χ0n) is 13.5. The number of hydrogen-bond donors (Lipinski definition) is 0. The maximum atomic E-state index is 13.5. The summed E-state index contributed by atoms with van der Waals surface area (Å²) in [6.07, 6.45) is 0. The standard InChI is InChI=1S/C19H18Br2F2O/c1-18(11-20,13-3-7-15(22)8-4-13)17(24)19(2,12-21)14-5-9-16(23)10-6-14/h3-10H,11-12H2,1-2H3. The van der Waals surface area contributed by atoms with Crippen molar-refractivity contribution in [3.05, 3.63) is 71.3 Å². The van der Waals surface area contributed by atoms with Crippen molar-refractivity contribution in [3.63, 3.8) is 0 Å². The Morgan fingerprint density at radius 3 is 1.33 bits per heavy atom. The van der Waals surface area contributed by atoms with Crippen molar-refractivity contribution in [3.8, 4) is 0 Å². The molecule has 2 unspecified atom stereocenters. The molecule has 0 N–H and O–H groups in total. The Morgan fingerprint density at radius 1 is 0.792 bits per heavy atom. The van der Waals surface area contributed by atoms with Crippen LogP contribution in [0.5, 0.6) is 0 Å². The maximum Gasteiger partial charge on any atom is 0.155 e. The monoisotopic (exact) mass is 458 g/mol. The number of rotatable bonds is 6. The van der Waals surface area contributed by atoms with E-state index in [9.17, 15) is 13.6 Å². The van der Waals surface area contributed by atoms with Crippen LogP contribution in [0.4, 0.5) is 8.78 Å². The van der Waals surface area contributed by atoms with Crippen LogP contribution in [0.3, 0.4) is 0 Å². The van der Waals surface area contributed by atoms with Crippen LogP contribution in [0.2, 0.25) is 0 Å². The molecule has 0 aliphatic heterocycles. The fourth-order valence-corrected chi connectivity index (χ4v) is 3.94. The first-order valence-corrected chi connectivity index (χ1v) is 9.71. The molecule has 0 aromatic heterocycles. The minimum Gasteiger partial charge on any atom is -0.298 e. The predicted molar refractivity (Wildman–Crippen MR) is 100 cm³/mol. The van der Waals surface area contributed by atoms with Gasteiger partial charge in [-0.25, -0.2) is 8.78 Å². The zero-order valence-corrected chi connectivity index (χ0v) is 16.6. The number of alkyl halides is 2. The van der Waals surface area contributed by atoms with Gasteiger partial charge in [-0.2, -0.15) is 0 Å². The van der Waals surface area contributed by atoms with Gasteiger partial charge in [-0.1, -0.05) is 56.1 Å². The van der Waals surface area contributed by atoms with Gasteiger partial charge in [-0.3, -0.25) is 4.79 Å². The summed E-state index contributed by atoms with van der Waals surface area (Å²) in [7, 11) is 0. The lowest BCUT2D eigenvalue weighted by molar-refractivity contribution is -0.127. The molecule has 2 rings (SSSR count). The highest BCUT2D eigenvalue weighted by Crippen LogP contribution is 2.38. The van der Waals surface area contributed by atoms with Crippen molar-refractivity contribution >= 4 is 37.6 Å². The molecule has 0 aliphatic carbocycles. The molecule has 5 heteroatoms. The van der Waals surface area contributed by atoms with Gasteiger partial charge in [0.25, 0.3) is 0 Å². The van der Waals surface area contributed by atoms with E-state index in [0.717, 1.165) is 11.1 Å². The molecule has 0 heterocycles. The highest BCUT2D eigenvalue weighted by molar-refractivity contribution is 9.09. The highest BCUT2D eigenvalue weighted by Gasteiger charge is 2.45. The molecule has 128 valence electrons. The summed E-state index contributed by atoms with van der Waals surface area (Å²) in [5, 5.41) is 0.794. The van der Waals surface area contributed by atoms with E-state index in [2.05, 4.69) is 31.9 Å². The summed E-state index contributed by atoms with van der Waals surface area (Å²) in [5.74, 6) is -0.711. The van der Waals surface area contributed by atoms with E-state index in [1.54, 1.807) is 24.3 Å². The van der Waals surface area contributed by atoms with E-state index in [1.165, 1.54) is 24.3 Å². The van der Waals surface area contributed by atoms with Gasteiger partial charge in [0.1, 0.15) is 11.6 Å². The lowest BCUT2D eigenvalue weighted by Crippen LogP contribution is -2.48. The van der Waals surface area contributed by atoms with Crippen LogP contribution in [0, 0.1) is 11.6 Å². The first-order chi connectivity index (χ1) is 11.3. The van der Waals surface area contributed by atoms with Gasteiger partial charge in [-0.15, -0.1) is 0 Å². The SMILES string of the molecule is CC(CBr)(C(=O)C(C)(CBr)c1ccc(F)cc1)c1ccc(F)cc1. The quantitative estimate of drug-likeness (QED) is 0.518. The number of carbonyl (C=O) groups is 1. The third-order valence-corrected chi connectivity index (χ3v) is 6.74. The Kier molecular flexibility index (Phi) is 5.97. The molecule has 0 bridgehead atoms. The molecule has 0 amide bonds. The first-order valence-electron chi connectivity index (χ1n) is 7.47. The minimum absolute atomic E-state index is 0.0260. The predicted octanol–water partition coefficient (Wildman–Crippen LogP) is 5.54. The molecule has 2 aromatic carbocycles. The van der Waals surface area contributed by atoms with E-state index >= 15 is 0 Å². The number of hydrogen-bond acceptors (Lipinski definition) is 1. The lowest BCUT2D eigenvalue weighted by atomic mass is 9.67. The second-order valence-corrected chi connectivity index (χ2v) is 7.40. The maximum absolute atomic E-state index is 13.5. The highest BCUT2D eigenvalue weighted by atomic mass is 79.9. The van der Waals surface area contributed by atoms with Crippen LogP contribution in [0.1, 0.15) is 25.0 Å². The van der Waals surface area contributed by atoms with Gasteiger partial charge in [0, 0.05) is 10.7 Å². The first kappa shape index (κ1) is 19.3. The van der Waals surface area contributed by atoms with Crippen LogP contribution in [0.15, 0.2) is 48.5 Å². The molecule has 0 aliphatic rings. The second kappa shape index (κ2) is 7.44. The van der Waals surface area contributed by atoms with Gasteiger partial charge >= 0.3 is 0 Å².